The molecule has 0 radical (unpaired) electrons. The molecule has 4 nitrogen and oxygen atoms in total. The van der Waals surface area contributed by atoms with Gasteiger partial charge in [-0.25, -0.2) is 9.80 Å². The van der Waals surface area contributed by atoms with E-state index in [2.05, 4.69) is 23.6 Å². The number of thioether (sulfide) groups is 1. The van der Waals surface area contributed by atoms with Crippen molar-refractivity contribution >= 4 is 52.4 Å². The molecule has 1 atom stereocenters. The Kier molecular flexibility index (Phi) is 5.80. The van der Waals surface area contributed by atoms with Gasteiger partial charge in [0.25, 0.3) is 0 Å². The number of hydrogen-bond donors (Lipinski definition) is 1. The van der Waals surface area contributed by atoms with Crippen LogP contribution in [0.1, 0.15) is 12.5 Å². The summed E-state index contributed by atoms with van der Waals surface area (Å²) in [5, 5.41) is 10.3. The Morgan fingerprint density at radius 3 is 2.31 bits per heavy atom. The van der Waals surface area contributed by atoms with Crippen molar-refractivity contribution in [2.75, 3.05) is 23.9 Å². The lowest BCUT2D eigenvalue weighted by Crippen LogP contribution is -2.37. The Bertz CT molecular complexity index is 824. The van der Waals surface area contributed by atoms with Gasteiger partial charge >= 0.3 is 6.03 Å². The van der Waals surface area contributed by atoms with Crippen LogP contribution in [0.5, 0.6) is 0 Å². The van der Waals surface area contributed by atoms with Gasteiger partial charge in [-0.1, -0.05) is 42.3 Å². The number of hydrogen-bond acceptors (Lipinski definition) is 3. The summed E-state index contributed by atoms with van der Waals surface area (Å²) in [6.45, 7) is 2.65. The molecule has 0 aromatic heterocycles. The van der Waals surface area contributed by atoms with Crippen LogP contribution in [-0.2, 0) is 0 Å². The van der Waals surface area contributed by atoms with Gasteiger partial charge < -0.3 is 5.32 Å². The van der Waals surface area contributed by atoms with E-state index in [1.54, 1.807) is 36.0 Å². The molecule has 1 heterocycles. The zero-order valence-corrected chi connectivity index (χ0v) is 16.8. The van der Waals surface area contributed by atoms with Gasteiger partial charge in [-0.3, -0.25) is 0 Å². The first-order valence-electron chi connectivity index (χ1n) is 8.09. The van der Waals surface area contributed by atoms with E-state index in [1.165, 1.54) is 5.01 Å². The van der Waals surface area contributed by atoms with Crippen molar-refractivity contribution in [3.05, 3.63) is 64.1 Å². The maximum atomic E-state index is 12.7. The predicted molar refractivity (Wildman–Crippen MR) is 112 cm³/mol. The van der Waals surface area contributed by atoms with Crippen LogP contribution in [0.15, 0.2) is 53.6 Å². The molecule has 1 aliphatic heterocycles. The fourth-order valence-corrected chi connectivity index (χ4v) is 4.08. The van der Waals surface area contributed by atoms with Crippen molar-refractivity contribution in [2.24, 2.45) is 10.5 Å². The summed E-state index contributed by atoms with van der Waals surface area (Å²) >= 11 is 13.6. The minimum absolute atomic E-state index is 0.232. The van der Waals surface area contributed by atoms with E-state index in [0.717, 1.165) is 17.0 Å². The molecule has 1 unspecified atom stereocenters. The SMILES string of the molecule is CSCC1(C)CN(C(=O)Nc2ccc(Cl)cc2)N=C1c1ccc(Cl)cc1. The third kappa shape index (κ3) is 4.17. The van der Waals surface area contributed by atoms with Crippen molar-refractivity contribution in [2.45, 2.75) is 6.92 Å². The highest BCUT2D eigenvalue weighted by Gasteiger charge is 2.41. The van der Waals surface area contributed by atoms with E-state index in [-0.39, 0.29) is 11.4 Å². The molecular weight excluding hydrogens is 389 g/mol. The van der Waals surface area contributed by atoms with Gasteiger partial charge in [0.15, 0.2) is 0 Å². The third-order valence-electron chi connectivity index (χ3n) is 4.20. The number of nitrogens with zero attached hydrogens (tertiary/aromatic N) is 2. The van der Waals surface area contributed by atoms with Crippen LogP contribution in [0.4, 0.5) is 10.5 Å². The second kappa shape index (κ2) is 7.91. The zero-order chi connectivity index (χ0) is 18.7. The van der Waals surface area contributed by atoms with Crippen LogP contribution in [-0.4, -0.2) is 35.3 Å². The molecule has 2 amide bonds. The Morgan fingerprint density at radius 2 is 1.73 bits per heavy atom. The average molecular weight is 408 g/mol. The maximum Gasteiger partial charge on any atom is 0.342 e. The lowest BCUT2D eigenvalue weighted by atomic mass is 9.84. The third-order valence-corrected chi connectivity index (χ3v) is 5.63. The number of rotatable bonds is 4. The largest absolute Gasteiger partial charge is 0.342 e. The van der Waals surface area contributed by atoms with Crippen LogP contribution in [0.2, 0.25) is 10.0 Å². The fraction of sp³-hybridized carbons (Fsp3) is 0.263. The first kappa shape index (κ1) is 19.1. The van der Waals surface area contributed by atoms with Crippen molar-refractivity contribution < 1.29 is 4.79 Å². The number of carbonyl (C=O) groups is 1. The van der Waals surface area contributed by atoms with Gasteiger partial charge in [0.05, 0.1) is 12.3 Å². The van der Waals surface area contributed by atoms with E-state index < -0.39 is 0 Å². The smallest absolute Gasteiger partial charge is 0.306 e. The molecule has 26 heavy (non-hydrogen) atoms. The summed E-state index contributed by atoms with van der Waals surface area (Å²) in [5.74, 6) is 0.860. The molecule has 136 valence electrons. The monoisotopic (exact) mass is 407 g/mol. The molecule has 7 heteroatoms. The standard InChI is InChI=1S/C19H19Cl2N3OS/c1-19(12-26-2)11-24(18(25)22-16-9-7-15(21)8-10-16)23-17(19)13-3-5-14(20)6-4-13/h3-10H,11-12H2,1-2H3,(H,22,25). The lowest BCUT2D eigenvalue weighted by Gasteiger charge is -2.25. The molecule has 0 fully saturated rings. The van der Waals surface area contributed by atoms with Gasteiger partial charge in [-0.05, 0) is 48.2 Å². The second-order valence-corrected chi connectivity index (χ2v) is 8.18. The van der Waals surface area contributed by atoms with Crippen molar-refractivity contribution in [1.82, 2.24) is 5.01 Å². The van der Waals surface area contributed by atoms with E-state index in [9.17, 15) is 4.79 Å². The topological polar surface area (TPSA) is 44.7 Å². The van der Waals surface area contributed by atoms with Gasteiger partial charge in [0.2, 0.25) is 0 Å². The molecule has 0 aliphatic carbocycles. The fourth-order valence-electron chi connectivity index (χ4n) is 2.97. The molecule has 2 aromatic rings. The van der Waals surface area contributed by atoms with E-state index in [1.807, 2.05) is 24.3 Å². The lowest BCUT2D eigenvalue weighted by molar-refractivity contribution is 0.211. The maximum absolute atomic E-state index is 12.7. The first-order chi connectivity index (χ1) is 12.4. The highest BCUT2D eigenvalue weighted by molar-refractivity contribution is 7.98. The Hall–Kier alpha value is -1.69. The zero-order valence-electron chi connectivity index (χ0n) is 14.5. The number of urea groups is 1. The van der Waals surface area contributed by atoms with E-state index in [4.69, 9.17) is 23.2 Å². The quantitative estimate of drug-likeness (QED) is 0.714. The van der Waals surface area contributed by atoms with Crippen molar-refractivity contribution in [3.63, 3.8) is 0 Å². The average Bonchev–Trinajstić information content (AvgIpc) is 2.95. The molecular formula is C19H19Cl2N3OS. The highest BCUT2D eigenvalue weighted by atomic mass is 35.5. The summed E-state index contributed by atoms with van der Waals surface area (Å²) in [5.41, 5.74) is 2.33. The van der Waals surface area contributed by atoms with Gasteiger partial charge in [0, 0.05) is 26.9 Å². The minimum Gasteiger partial charge on any atom is -0.306 e. The van der Waals surface area contributed by atoms with E-state index in [0.29, 0.717) is 22.3 Å². The Labute approximate surface area is 167 Å². The first-order valence-corrected chi connectivity index (χ1v) is 10.2. The van der Waals surface area contributed by atoms with Gasteiger partial charge in [-0.2, -0.15) is 16.9 Å². The number of nitrogens with one attached hydrogen (secondary N) is 1. The molecule has 0 bridgehead atoms. The molecule has 0 saturated heterocycles. The Morgan fingerprint density at radius 1 is 1.15 bits per heavy atom. The molecule has 1 aliphatic rings. The van der Waals surface area contributed by atoms with Gasteiger partial charge in [-0.15, -0.1) is 0 Å². The summed E-state index contributed by atoms with van der Waals surface area (Å²) in [6.07, 6.45) is 2.06. The second-order valence-electron chi connectivity index (χ2n) is 6.44. The number of carbonyl (C=O) groups excluding carboxylic acids is 1. The summed E-state index contributed by atoms with van der Waals surface area (Å²) in [6, 6.07) is 14.3. The predicted octanol–water partition coefficient (Wildman–Crippen LogP) is 5.61. The highest BCUT2D eigenvalue weighted by Crippen LogP contribution is 2.34. The molecule has 1 N–H and O–H groups in total. The Balaban J connectivity index is 1.85. The summed E-state index contributed by atoms with van der Waals surface area (Å²) < 4.78 is 0. The number of amides is 2. The van der Waals surface area contributed by atoms with Gasteiger partial charge in [0.1, 0.15) is 0 Å². The molecule has 2 aromatic carbocycles. The number of benzene rings is 2. The number of anilines is 1. The molecule has 0 saturated carbocycles. The molecule has 3 rings (SSSR count). The van der Waals surface area contributed by atoms with Crippen LogP contribution in [0.25, 0.3) is 0 Å². The van der Waals surface area contributed by atoms with Crippen molar-refractivity contribution in [1.29, 1.82) is 0 Å². The normalized spacial score (nSPS) is 19.4. The van der Waals surface area contributed by atoms with Crippen LogP contribution < -0.4 is 5.32 Å². The number of hydrazone groups is 1. The summed E-state index contributed by atoms with van der Waals surface area (Å²) in [7, 11) is 0. The van der Waals surface area contributed by atoms with Crippen molar-refractivity contribution in [3.8, 4) is 0 Å². The van der Waals surface area contributed by atoms with Crippen LogP contribution in [0, 0.1) is 5.41 Å². The van der Waals surface area contributed by atoms with Crippen LogP contribution in [0.3, 0.4) is 0 Å². The summed E-state index contributed by atoms with van der Waals surface area (Å²) in [4.78, 5) is 12.7. The molecule has 0 spiro atoms. The van der Waals surface area contributed by atoms with E-state index >= 15 is 0 Å². The number of halogens is 2. The van der Waals surface area contributed by atoms with Crippen LogP contribution >= 0.6 is 35.0 Å². The minimum atomic E-state index is -0.261.